The molecular formula is C19H20Cl2N2O3S. The maximum Gasteiger partial charge on any atom is 0.255 e. The molecule has 1 amide bonds. The minimum Gasteiger partial charge on any atom is -0.336 e. The normalized spacial score (nSPS) is 15.8. The molecule has 0 atom stereocenters. The number of benzene rings is 2. The molecule has 144 valence electrons. The van der Waals surface area contributed by atoms with Gasteiger partial charge in [-0.2, -0.15) is 4.31 Å². The van der Waals surface area contributed by atoms with E-state index in [1.807, 2.05) is 13.0 Å². The molecule has 27 heavy (non-hydrogen) atoms. The maximum atomic E-state index is 12.9. The number of piperazine rings is 1. The number of rotatable bonds is 3. The van der Waals surface area contributed by atoms with Gasteiger partial charge in [0, 0.05) is 31.2 Å². The summed E-state index contributed by atoms with van der Waals surface area (Å²) in [7, 11) is -3.59. The highest BCUT2D eigenvalue weighted by molar-refractivity contribution is 7.89. The van der Waals surface area contributed by atoms with Crippen LogP contribution in [-0.2, 0) is 10.0 Å². The number of hydrogen-bond acceptors (Lipinski definition) is 3. The number of carbonyl (C=O) groups is 1. The van der Waals surface area contributed by atoms with Crippen LogP contribution in [0.2, 0.25) is 10.0 Å². The Balaban J connectivity index is 1.75. The van der Waals surface area contributed by atoms with Crippen LogP contribution in [0.25, 0.3) is 0 Å². The third-order valence-corrected chi connectivity index (χ3v) is 7.26. The Morgan fingerprint density at radius 2 is 1.63 bits per heavy atom. The van der Waals surface area contributed by atoms with Gasteiger partial charge in [0.05, 0.1) is 15.5 Å². The zero-order valence-corrected chi connectivity index (χ0v) is 17.4. The number of nitrogens with zero attached hydrogens (tertiary/aromatic N) is 2. The Bertz CT molecular complexity index is 984. The predicted octanol–water partition coefficient (Wildman–Crippen LogP) is 3.76. The molecule has 0 aliphatic carbocycles. The molecule has 1 fully saturated rings. The minimum atomic E-state index is -3.59. The van der Waals surface area contributed by atoms with Crippen molar-refractivity contribution >= 4 is 39.1 Å². The number of carbonyl (C=O) groups excluding carboxylic acids is 1. The first-order valence-electron chi connectivity index (χ1n) is 8.52. The fourth-order valence-electron chi connectivity index (χ4n) is 3.19. The SMILES string of the molecule is Cc1ccc(S(=O)(=O)N2CCN(C(=O)c3cc(Cl)ccc3Cl)CC2)c(C)c1. The van der Waals surface area contributed by atoms with Gasteiger partial charge in [-0.1, -0.05) is 40.9 Å². The third kappa shape index (κ3) is 4.14. The van der Waals surface area contributed by atoms with Crippen LogP contribution in [0.1, 0.15) is 21.5 Å². The molecule has 1 heterocycles. The molecule has 3 rings (SSSR count). The number of halogens is 2. The lowest BCUT2D eigenvalue weighted by Gasteiger charge is -2.34. The van der Waals surface area contributed by atoms with Crippen LogP contribution in [0.4, 0.5) is 0 Å². The van der Waals surface area contributed by atoms with E-state index in [0.717, 1.165) is 11.1 Å². The zero-order valence-electron chi connectivity index (χ0n) is 15.1. The summed E-state index contributed by atoms with van der Waals surface area (Å²) >= 11 is 12.1. The highest BCUT2D eigenvalue weighted by Gasteiger charge is 2.31. The van der Waals surface area contributed by atoms with Gasteiger partial charge in [-0.3, -0.25) is 4.79 Å². The van der Waals surface area contributed by atoms with Crippen LogP contribution < -0.4 is 0 Å². The minimum absolute atomic E-state index is 0.236. The quantitative estimate of drug-likeness (QED) is 0.750. The van der Waals surface area contributed by atoms with E-state index in [2.05, 4.69) is 0 Å². The van der Waals surface area contributed by atoms with Gasteiger partial charge in [0.15, 0.2) is 0 Å². The molecule has 2 aromatic carbocycles. The first-order chi connectivity index (χ1) is 12.7. The molecule has 8 heteroatoms. The van der Waals surface area contributed by atoms with E-state index >= 15 is 0 Å². The molecule has 0 spiro atoms. The molecule has 0 N–H and O–H groups in total. The summed E-state index contributed by atoms with van der Waals surface area (Å²) in [6.45, 7) is 4.78. The molecule has 0 radical (unpaired) electrons. The van der Waals surface area contributed by atoms with E-state index in [1.165, 1.54) is 10.4 Å². The van der Waals surface area contributed by atoms with Crippen LogP contribution in [0.5, 0.6) is 0 Å². The molecule has 0 bridgehead atoms. The van der Waals surface area contributed by atoms with Gasteiger partial charge in [-0.25, -0.2) is 8.42 Å². The lowest BCUT2D eigenvalue weighted by Crippen LogP contribution is -2.50. The van der Waals surface area contributed by atoms with Crippen molar-refractivity contribution in [3.05, 3.63) is 63.1 Å². The molecule has 0 aromatic heterocycles. The summed E-state index contributed by atoms with van der Waals surface area (Å²) in [5, 5.41) is 0.758. The molecular weight excluding hydrogens is 407 g/mol. The van der Waals surface area contributed by atoms with Crippen molar-refractivity contribution in [2.24, 2.45) is 0 Å². The molecule has 1 aliphatic heterocycles. The van der Waals surface area contributed by atoms with Gasteiger partial charge in [0.2, 0.25) is 10.0 Å². The fraction of sp³-hybridized carbons (Fsp3) is 0.316. The highest BCUT2D eigenvalue weighted by atomic mass is 35.5. The van der Waals surface area contributed by atoms with Crippen molar-refractivity contribution in [2.45, 2.75) is 18.7 Å². The summed E-state index contributed by atoms with van der Waals surface area (Å²) in [6.07, 6.45) is 0. The Kier molecular flexibility index (Phi) is 5.82. The summed E-state index contributed by atoms with van der Waals surface area (Å²) in [6, 6.07) is 10.0. The van der Waals surface area contributed by atoms with Crippen LogP contribution in [-0.4, -0.2) is 49.7 Å². The number of amides is 1. The smallest absolute Gasteiger partial charge is 0.255 e. The van der Waals surface area contributed by atoms with Crippen molar-refractivity contribution in [3.8, 4) is 0 Å². The number of hydrogen-bond donors (Lipinski definition) is 0. The van der Waals surface area contributed by atoms with Crippen molar-refractivity contribution in [2.75, 3.05) is 26.2 Å². The topological polar surface area (TPSA) is 57.7 Å². The van der Waals surface area contributed by atoms with Crippen LogP contribution >= 0.6 is 23.2 Å². The van der Waals surface area contributed by atoms with E-state index in [4.69, 9.17) is 23.2 Å². The number of aryl methyl sites for hydroxylation is 2. The van der Waals surface area contributed by atoms with Crippen LogP contribution in [0.15, 0.2) is 41.3 Å². The summed E-state index contributed by atoms with van der Waals surface area (Å²) < 4.78 is 27.3. The van der Waals surface area contributed by atoms with E-state index in [1.54, 1.807) is 36.1 Å². The third-order valence-electron chi connectivity index (χ3n) is 4.63. The predicted molar refractivity (Wildman–Crippen MR) is 107 cm³/mol. The second kappa shape index (κ2) is 7.80. The molecule has 1 saturated heterocycles. The molecule has 2 aromatic rings. The standard InChI is InChI=1S/C19H20Cl2N2O3S/c1-13-3-6-18(14(2)11-13)27(25,26)23-9-7-22(8-10-23)19(24)16-12-15(20)4-5-17(16)21/h3-6,11-12H,7-10H2,1-2H3. The maximum absolute atomic E-state index is 12.9. The largest absolute Gasteiger partial charge is 0.336 e. The van der Waals surface area contributed by atoms with E-state index in [0.29, 0.717) is 33.6 Å². The van der Waals surface area contributed by atoms with Crippen molar-refractivity contribution in [1.29, 1.82) is 0 Å². The second-order valence-electron chi connectivity index (χ2n) is 6.59. The monoisotopic (exact) mass is 426 g/mol. The first-order valence-corrected chi connectivity index (χ1v) is 10.7. The Hall–Kier alpha value is -1.60. The number of sulfonamides is 1. The molecule has 1 aliphatic rings. The second-order valence-corrected chi connectivity index (χ2v) is 9.34. The van der Waals surface area contributed by atoms with Crippen LogP contribution in [0.3, 0.4) is 0 Å². The average molecular weight is 427 g/mol. The van der Waals surface area contributed by atoms with Crippen molar-refractivity contribution < 1.29 is 13.2 Å². The summed E-state index contributed by atoms with van der Waals surface area (Å²) in [5.74, 6) is -0.244. The lowest BCUT2D eigenvalue weighted by molar-refractivity contribution is 0.0698. The van der Waals surface area contributed by atoms with E-state index in [-0.39, 0.29) is 19.0 Å². The van der Waals surface area contributed by atoms with Crippen molar-refractivity contribution in [1.82, 2.24) is 9.21 Å². The van der Waals surface area contributed by atoms with Gasteiger partial charge in [0.25, 0.3) is 5.91 Å². The van der Waals surface area contributed by atoms with E-state index < -0.39 is 10.0 Å². The Morgan fingerprint density at radius 1 is 0.963 bits per heavy atom. The Morgan fingerprint density at radius 3 is 2.26 bits per heavy atom. The summed E-state index contributed by atoms with van der Waals surface area (Å²) in [5.41, 5.74) is 2.06. The van der Waals surface area contributed by atoms with Crippen LogP contribution in [0, 0.1) is 13.8 Å². The average Bonchev–Trinajstić information content (AvgIpc) is 2.63. The van der Waals surface area contributed by atoms with Gasteiger partial charge < -0.3 is 4.90 Å². The van der Waals surface area contributed by atoms with Gasteiger partial charge in [-0.15, -0.1) is 0 Å². The zero-order chi connectivity index (χ0) is 19.8. The van der Waals surface area contributed by atoms with Crippen molar-refractivity contribution in [3.63, 3.8) is 0 Å². The molecule has 0 saturated carbocycles. The van der Waals surface area contributed by atoms with Gasteiger partial charge in [-0.05, 0) is 43.7 Å². The molecule has 0 unspecified atom stereocenters. The van der Waals surface area contributed by atoms with Gasteiger partial charge in [0.1, 0.15) is 0 Å². The highest BCUT2D eigenvalue weighted by Crippen LogP contribution is 2.25. The first kappa shape index (κ1) is 20.1. The molecule has 5 nitrogen and oxygen atoms in total. The summed E-state index contributed by atoms with van der Waals surface area (Å²) in [4.78, 5) is 14.6. The van der Waals surface area contributed by atoms with E-state index in [9.17, 15) is 13.2 Å². The lowest BCUT2D eigenvalue weighted by atomic mass is 10.2. The van der Waals surface area contributed by atoms with Gasteiger partial charge >= 0.3 is 0 Å². The Labute approximate surface area is 169 Å². The fourth-order valence-corrected chi connectivity index (χ4v) is 5.19.